The molecule has 0 N–H and O–H groups in total. The second-order valence-electron chi connectivity index (χ2n) is 6.60. The quantitative estimate of drug-likeness (QED) is 0.768. The van der Waals surface area contributed by atoms with Crippen LogP contribution in [0.2, 0.25) is 0 Å². The molecule has 2 nitrogen and oxygen atoms in total. The van der Waals surface area contributed by atoms with Crippen molar-refractivity contribution in [1.29, 1.82) is 0 Å². The molecule has 0 amide bonds. The second kappa shape index (κ2) is 5.97. The summed E-state index contributed by atoms with van der Waals surface area (Å²) in [6.07, 6.45) is 8.94. The summed E-state index contributed by atoms with van der Waals surface area (Å²) in [7, 11) is 0. The molecular weight excluding hydrogens is 264 g/mol. The van der Waals surface area contributed by atoms with Crippen LogP contribution in [0.4, 0.5) is 0 Å². The minimum atomic E-state index is 0.548. The van der Waals surface area contributed by atoms with Gasteiger partial charge in [-0.05, 0) is 56.5 Å². The molecule has 110 valence electrons. The normalized spacial score (nSPS) is 21.9. The summed E-state index contributed by atoms with van der Waals surface area (Å²) in [5.74, 6) is 6.11. The molecule has 1 aromatic heterocycles. The lowest BCUT2D eigenvalue weighted by atomic mass is 9.91. The van der Waals surface area contributed by atoms with Crippen molar-refractivity contribution in [2.24, 2.45) is 5.92 Å². The van der Waals surface area contributed by atoms with Crippen molar-refractivity contribution >= 4 is 17.5 Å². The Bertz CT molecular complexity index is 481. The van der Waals surface area contributed by atoms with E-state index in [1.54, 1.807) is 0 Å². The first-order valence-corrected chi connectivity index (χ1v) is 9.13. The molecule has 0 aromatic carbocycles. The lowest BCUT2D eigenvalue weighted by molar-refractivity contribution is 0.411. The lowest BCUT2D eigenvalue weighted by Gasteiger charge is -2.24. The van der Waals surface area contributed by atoms with E-state index in [0.29, 0.717) is 5.92 Å². The fourth-order valence-electron chi connectivity index (χ4n) is 3.23. The van der Waals surface area contributed by atoms with Crippen LogP contribution in [0, 0.1) is 5.92 Å². The second-order valence-corrected chi connectivity index (χ2v) is 7.82. The van der Waals surface area contributed by atoms with Crippen molar-refractivity contribution in [3.8, 4) is 0 Å². The smallest absolute Gasteiger partial charge is 0.116 e. The molecule has 3 heteroatoms. The zero-order chi connectivity index (χ0) is 14.1. The Kier molecular flexibility index (Phi) is 4.25. The van der Waals surface area contributed by atoms with Crippen molar-refractivity contribution in [2.45, 2.75) is 57.8 Å². The Morgan fingerprint density at radius 3 is 2.70 bits per heavy atom. The number of imidazole rings is 1. The van der Waals surface area contributed by atoms with Crippen LogP contribution in [0.15, 0.2) is 12.8 Å². The first-order chi connectivity index (χ1) is 9.65. The van der Waals surface area contributed by atoms with Gasteiger partial charge < -0.3 is 4.57 Å². The van der Waals surface area contributed by atoms with Crippen LogP contribution in [-0.4, -0.2) is 21.1 Å². The van der Waals surface area contributed by atoms with Crippen LogP contribution in [-0.2, 0) is 0 Å². The van der Waals surface area contributed by atoms with Gasteiger partial charge in [0, 0.05) is 23.7 Å². The molecule has 0 radical (unpaired) electrons. The maximum Gasteiger partial charge on any atom is 0.116 e. The standard InChI is InChI=1S/C17H26N2S/c1-12(2)19-11-16(15-4-5-15)18-17(19)13(3)10-14-6-8-20-9-7-14/h11,13-15H,1,4-10H2,2-3H3. The summed E-state index contributed by atoms with van der Waals surface area (Å²) < 4.78 is 2.25. The number of thioether (sulfide) groups is 1. The summed E-state index contributed by atoms with van der Waals surface area (Å²) in [6, 6.07) is 0. The van der Waals surface area contributed by atoms with Crippen LogP contribution in [0.3, 0.4) is 0 Å². The predicted molar refractivity (Wildman–Crippen MR) is 88.3 cm³/mol. The Hall–Kier alpha value is -0.700. The van der Waals surface area contributed by atoms with E-state index in [1.165, 1.54) is 55.1 Å². The van der Waals surface area contributed by atoms with Gasteiger partial charge in [-0.2, -0.15) is 11.8 Å². The highest BCUT2D eigenvalue weighted by Gasteiger charge is 2.29. The number of hydrogen-bond acceptors (Lipinski definition) is 2. The van der Waals surface area contributed by atoms with Crippen LogP contribution in [0.1, 0.15) is 69.3 Å². The highest BCUT2D eigenvalue weighted by molar-refractivity contribution is 7.99. The number of hydrogen-bond donors (Lipinski definition) is 0. The van der Waals surface area contributed by atoms with Crippen molar-refractivity contribution in [2.75, 3.05) is 11.5 Å². The zero-order valence-corrected chi connectivity index (χ0v) is 13.6. The fourth-order valence-corrected chi connectivity index (χ4v) is 4.43. The van der Waals surface area contributed by atoms with E-state index in [1.807, 2.05) is 0 Å². The molecule has 1 saturated heterocycles. The van der Waals surface area contributed by atoms with Gasteiger partial charge in [-0.1, -0.05) is 13.5 Å². The molecule has 0 spiro atoms. The summed E-state index contributed by atoms with van der Waals surface area (Å²) in [6.45, 7) is 8.56. The SMILES string of the molecule is C=C(C)n1cc(C2CC2)nc1C(C)CC1CCSCC1. The van der Waals surface area contributed by atoms with Crippen LogP contribution in [0.5, 0.6) is 0 Å². The van der Waals surface area contributed by atoms with Crippen molar-refractivity contribution in [3.63, 3.8) is 0 Å². The average molecular weight is 290 g/mol. The maximum atomic E-state index is 4.96. The van der Waals surface area contributed by atoms with E-state index >= 15 is 0 Å². The third kappa shape index (κ3) is 3.13. The van der Waals surface area contributed by atoms with Gasteiger partial charge in [-0.3, -0.25) is 0 Å². The highest BCUT2D eigenvalue weighted by Crippen LogP contribution is 2.41. The third-order valence-electron chi connectivity index (χ3n) is 4.63. The van der Waals surface area contributed by atoms with Crippen LogP contribution < -0.4 is 0 Å². The van der Waals surface area contributed by atoms with Crippen LogP contribution in [0.25, 0.3) is 5.70 Å². The van der Waals surface area contributed by atoms with Gasteiger partial charge in [0.1, 0.15) is 5.82 Å². The minimum absolute atomic E-state index is 0.548. The van der Waals surface area contributed by atoms with E-state index in [2.05, 4.69) is 43.0 Å². The summed E-state index contributed by atoms with van der Waals surface area (Å²) in [4.78, 5) is 4.96. The van der Waals surface area contributed by atoms with Gasteiger partial charge in [0.05, 0.1) is 5.69 Å². The summed E-state index contributed by atoms with van der Waals surface area (Å²) >= 11 is 2.11. The molecule has 1 aliphatic carbocycles. The van der Waals surface area contributed by atoms with Gasteiger partial charge >= 0.3 is 0 Å². The number of aromatic nitrogens is 2. The zero-order valence-electron chi connectivity index (χ0n) is 12.8. The fraction of sp³-hybridized carbons (Fsp3) is 0.706. The molecule has 20 heavy (non-hydrogen) atoms. The molecule has 2 heterocycles. The summed E-state index contributed by atoms with van der Waals surface area (Å²) in [5, 5.41) is 0. The van der Waals surface area contributed by atoms with Gasteiger partial charge in [0.15, 0.2) is 0 Å². The Labute approximate surface area is 127 Å². The molecule has 1 atom stereocenters. The predicted octanol–water partition coefficient (Wildman–Crippen LogP) is 4.89. The van der Waals surface area contributed by atoms with Crippen molar-refractivity contribution < 1.29 is 0 Å². The van der Waals surface area contributed by atoms with Crippen molar-refractivity contribution in [1.82, 2.24) is 9.55 Å². The molecule has 2 fully saturated rings. The summed E-state index contributed by atoms with van der Waals surface area (Å²) in [5.41, 5.74) is 2.40. The van der Waals surface area contributed by atoms with E-state index < -0.39 is 0 Å². The number of rotatable bonds is 5. The van der Waals surface area contributed by atoms with E-state index in [9.17, 15) is 0 Å². The van der Waals surface area contributed by atoms with Gasteiger partial charge in [0.25, 0.3) is 0 Å². The first kappa shape index (κ1) is 14.2. The first-order valence-electron chi connectivity index (χ1n) is 7.98. The van der Waals surface area contributed by atoms with E-state index in [-0.39, 0.29) is 0 Å². The minimum Gasteiger partial charge on any atom is -0.308 e. The van der Waals surface area contributed by atoms with E-state index in [4.69, 9.17) is 4.98 Å². The Morgan fingerprint density at radius 1 is 1.40 bits per heavy atom. The molecule has 1 unspecified atom stereocenters. The largest absolute Gasteiger partial charge is 0.308 e. The van der Waals surface area contributed by atoms with Crippen LogP contribution >= 0.6 is 11.8 Å². The van der Waals surface area contributed by atoms with Gasteiger partial charge in [-0.15, -0.1) is 0 Å². The number of allylic oxidation sites excluding steroid dienone is 1. The number of nitrogens with zero attached hydrogens (tertiary/aromatic N) is 2. The Balaban J connectivity index is 1.74. The maximum absolute atomic E-state index is 4.96. The Morgan fingerprint density at radius 2 is 2.10 bits per heavy atom. The average Bonchev–Trinajstić information content (AvgIpc) is 3.18. The molecule has 1 aromatic rings. The highest BCUT2D eigenvalue weighted by atomic mass is 32.2. The van der Waals surface area contributed by atoms with Crippen molar-refractivity contribution in [3.05, 3.63) is 24.3 Å². The molecule has 1 aliphatic heterocycles. The van der Waals surface area contributed by atoms with Gasteiger partial charge in [0.2, 0.25) is 0 Å². The van der Waals surface area contributed by atoms with Gasteiger partial charge in [-0.25, -0.2) is 4.98 Å². The topological polar surface area (TPSA) is 17.8 Å². The molecule has 3 rings (SSSR count). The van der Waals surface area contributed by atoms with E-state index in [0.717, 1.165) is 17.5 Å². The lowest BCUT2D eigenvalue weighted by Crippen LogP contribution is -2.14. The monoisotopic (exact) mass is 290 g/mol. The third-order valence-corrected chi connectivity index (χ3v) is 5.68. The molecule has 0 bridgehead atoms. The molecular formula is C17H26N2S. The molecule has 1 saturated carbocycles. The molecule has 2 aliphatic rings.